The van der Waals surface area contributed by atoms with Crippen molar-refractivity contribution < 1.29 is 5.11 Å². The molecule has 1 atom stereocenters. The molecule has 0 aromatic carbocycles. The van der Waals surface area contributed by atoms with Crippen molar-refractivity contribution in [2.24, 2.45) is 5.92 Å². The van der Waals surface area contributed by atoms with Gasteiger partial charge in [0.1, 0.15) is 5.82 Å². The Labute approximate surface area is 77.8 Å². The van der Waals surface area contributed by atoms with Gasteiger partial charge in [0.2, 0.25) is 0 Å². The summed E-state index contributed by atoms with van der Waals surface area (Å²) in [6.07, 6.45) is 1.68. The van der Waals surface area contributed by atoms with Crippen LogP contribution in [0.15, 0.2) is 18.3 Å². The van der Waals surface area contributed by atoms with E-state index < -0.39 is 0 Å². The summed E-state index contributed by atoms with van der Waals surface area (Å²) in [7, 11) is 0. The minimum absolute atomic E-state index is 0.166. The summed E-state index contributed by atoms with van der Waals surface area (Å²) in [6, 6.07) is 3.58. The Bertz CT molecular complexity index is 265. The SMILES string of the molecule is CC(CO)CNc1ncccc1N. The standard InChI is InChI=1S/C9H15N3O/c1-7(6-13)5-12-9-8(10)3-2-4-11-9/h2-4,7,13H,5-6,10H2,1H3,(H,11,12). The van der Waals surface area contributed by atoms with Gasteiger partial charge in [0, 0.05) is 19.3 Å². The summed E-state index contributed by atoms with van der Waals surface area (Å²) < 4.78 is 0. The number of aromatic nitrogens is 1. The molecule has 0 aliphatic rings. The molecule has 1 heterocycles. The monoisotopic (exact) mass is 181 g/mol. The lowest BCUT2D eigenvalue weighted by Gasteiger charge is -2.11. The van der Waals surface area contributed by atoms with Crippen molar-refractivity contribution in [1.29, 1.82) is 0 Å². The molecule has 72 valence electrons. The number of nitrogens with zero attached hydrogens (tertiary/aromatic N) is 1. The van der Waals surface area contributed by atoms with Crippen molar-refractivity contribution in [3.63, 3.8) is 0 Å². The van der Waals surface area contributed by atoms with Crippen molar-refractivity contribution in [3.8, 4) is 0 Å². The molecule has 4 heteroatoms. The second kappa shape index (κ2) is 4.67. The Kier molecular flexibility index (Phi) is 3.52. The van der Waals surface area contributed by atoms with E-state index in [0.717, 1.165) is 0 Å². The van der Waals surface area contributed by atoms with Gasteiger partial charge in [-0.25, -0.2) is 4.98 Å². The van der Waals surface area contributed by atoms with E-state index in [1.807, 2.05) is 6.92 Å². The quantitative estimate of drug-likeness (QED) is 0.639. The first-order valence-corrected chi connectivity index (χ1v) is 4.29. The number of aliphatic hydroxyl groups is 1. The van der Waals surface area contributed by atoms with Gasteiger partial charge in [0.05, 0.1) is 5.69 Å². The van der Waals surface area contributed by atoms with Gasteiger partial charge in [-0.1, -0.05) is 6.92 Å². The van der Waals surface area contributed by atoms with Crippen molar-refractivity contribution in [3.05, 3.63) is 18.3 Å². The molecule has 0 bridgehead atoms. The van der Waals surface area contributed by atoms with Crippen LogP contribution in [-0.2, 0) is 0 Å². The van der Waals surface area contributed by atoms with Gasteiger partial charge in [-0.05, 0) is 18.1 Å². The van der Waals surface area contributed by atoms with Crippen LogP contribution in [0.2, 0.25) is 0 Å². The zero-order valence-corrected chi connectivity index (χ0v) is 7.70. The van der Waals surface area contributed by atoms with Crippen molar-refractivity contribution in [2.75, 3.05) is 24.2 Å². The lowest BCUT2D eigenvalue weighted by atomic mass is 10.2. The van der Waals surface area contributed by atoms with Crippen molar-refractivity contribution in [2.45, 2.75) is 6.92 Å². The molecule has 13 heavy (non-hydrogen) atoms. The number of rotatable bonds is 4. The van der Waals surface area contributed by atoms with Gasteiger partial charge in [-0.2, -0.15) is 0 Å². The van der Waals surface area contributed by atoms with Gasteiger partial charge in [-0.15, -0.1) is 0 Å². The highest BCUT2D eigenvalue weighted by Crippen LogP contribution is 2.12. The molecule has 0 spiro atoms. The van der Waals surface area contributed by atoms with E-state index in [1.54, 1.807) is 18.3 Å². The summed E-state index contributed by atoms with van der Waals surface area (Å²) >= 11 is 0. The summed E-state index contributed by atoms with van der Waals surface area (Å²) in [5, 5.41) is 11.9. The van der Waals surface area contributed by atoms with E-state index in [0.29, 0.717) is 18.1 Å². The second-order valence-electron chi connectivity index (χ2n) is 3.11. The van der Waals surface area contributed by atoms with Crippen LogP contribution in [0.4, 0.5) is 11.5 Å². The Morgan fingerprint density at radius 3 is 3.08 bits per heavy atom. The van der Waals surface area contributed by atoms with Gasteiger partial charge in [-0.3, -0.25) is 0 Å². The molecule has 0 aliphatic heterocycles. The molecule has 1 rings (SSSR count). The third-order valence-corrected chi connectivity index (χ3v) is 1.77. The largest absolute Gasteiger partial charge is 0.396 e. The van der Waals surface area contributed by atoms with Gasteiger partial charge >= 0.3 is 0 Å². The maximum Gasteiger partial charge on any atom is 0.149 e. The Balaban J connectivity index is 2.50. The zero-order valence-electron chi connectivity index (χ0n) is 7.70. The normalized spacial score (nSPS) is 12.5. The minimum atomic E-state index is 0.166. The first-order chi connectivity index (χ1) is 6.24. The topological polar surface area (TPSA) is 71.2 Å². The highest BCUT2D eigenvalue weighted by molar-refractivity contribution is 5.60. The van der Waals surface area contributed by atoms with E-state index >= 15 is 0 Å². The lowest BCUT2D eigenvalue weighted by Crippen LogP contribution is -2.15. The van der Waals surface area contributed by atoms with Crippen LogP contribution in [0.25, 0.3) is 0 Å². The molecule has 1 aromatic rings. The molecular weight excluding hydrogens is 166 g/mol. The molecule has 4 N–H and O–H groups in total. The lowest BCUT2D eigenvalue weighted by molar-refractivity contribution is 0.244. The fraction of sp³-hybridized carbons (Fsp3) is 0.444. The van der Waals surface area contributed by atoms with Gasteiger partial charge in [0.15, 0.2) is 0 Å². The minimum Gasteiger partial charge on any atom is -0.396 e. The summed E-state index contributed by atoms with van der Waals surface area (Å²) in [5.74, 6) is 0.893. The molecule has 4 nitrogen and oxygen atoms in total. The molecular formula is C9H15N3O. The number of pyridine rings is 1. The maximum absolute atomic E-state index is 8.79. The van der Waals surface area contributed by atoms with Crippen LogP contribution >= 0.6 is 0 Å². The molecule has 0 radical (unpaired) electrons. The van der Waals surface area contributed by atoms with E-state index in [4.69, 9.17) is 10.8 Å². The molecule has 0 amide bonds. The average molecular weight is 181 g/mol. The number of nitrogens with two attached hydrogens (primary N) is 1. The average Bonchev–Trinajstić information content (AvgIpc) is 2.16. The Morgan fingerprint density at radius 1 is 1.69 bits per heavy atom. The highest BCUT2D eigenvalue weighted by atomic mass is 16.3. The Hall–Kier alpha value is -1.29. The van der Waals surface area contributed by atoms with E-state index in [9.17, 15) is 0 Å². The van der Waals surface area contributed by atoms with E-state index in [2.05, 4.69) is 10.3 Å². The number of hydrogen-bond donors (Lipinski definition) is 3. The molecule has 0 saturated carbocycles. The fourth-order valence-electron chi connectivity index (χ4n) is 0.901. The zero-order chi connectivity index (χ0) is 9.68. The molecule has 0 fully saturated rings. The summed E-state index contributed by atoms with van der Waals surface area (Å²) in [4.78, 5) is 4.07. The fourth-order valence-corrected chi connectivity index (χ4v) is 0.901. The van der Waals surface area contributed by atoms with Crippen LogP contribution in [0.5, 0.6) is 0 Å². The van der Waals surface area contributed by atoms with Crippen LogP contribution in [0.1, 0.15) is 6.92 Å². The van der Waals surface area contributed by atoms with Gasteiger partial charge in [0.25, 0.3) is 0 Å². The number of nitrogens with one attached hydrogen (secondary N) is 1. The number of hydrogen-bond acceptors (Lipinski definition) is 4. The smallest absolute Gasteiger partial charge is 0.149 e. The molecule has 1 aromatic heterocycles. The molecule has 0 saturated heterocycles. The van der Waals surface area contributed by atoms with E-state index in [-0.39, 0.29) is 12.5 Å². The first kappa shape index (κ1) is 9.80. The van der Waals surface area contributed by atoms with Gasteiger partial charge < -0.3 is 16.2 Å². The van der Waals surface area contributed by atoms with E-state index in [1.165, 1.54) is 0 Å². The van der Waals surface area contributed by atoms with Crippen molar-refractivity contribution >= 4 is 11.5 Å². The predicted molar refractivity (Wildman–Crippen MR) is 53.4 cm³/mol. The maximum atomic E-state index is 8.79. The number of anilines is 2. The Morgan fingerprint density at radius 2 is 2.46 bits per heavy atom. The van der Waals surface area contributed by atoms with Crippen LogP contribution in [0, 0.1) is 5.92 Å². The van der Waals surface area contributed by atoms with Crippen LogP contribution in [-0.4, -0.2) is 23.2 Å². The third kappa shape index (κ3) is 2.91. The summed E-state index contributed by atoms with van der Waals surface area (Å²) in [6.45, 7) is 2.80. The third-order valence-electron chi connectivity index (χ3n) is 1.77. The molecule has 1 unspecified atom stereocenters. The first-order valence-electron chi connectivity index (χ1n) is 4.29. The predicted octanol–water partition coefficient (Wildman–Crippen LogP) is 0.704. The second-order valence-corrected chi connectivity index (χ2v) is 3.11. The molecule has 0 aliphatic carbocycles. The highest BCUT2D eigenvalue weighted by Gasteiger charge is 2.01. The van der Waals surface area contributed by atoms with Crippen molar-refractivity contribution in [1.82, 2.24) is 4.98 Å². The van der Waals surface area contributed by atoms with Crippen LogP contribution < -0.4 is 11.1 Å². The van der Waals surface area contributed by atoms with Crippen LogP contribution in [0.3, 0.4) is 0 Å². The summed E-state index contributed by atoms with van der Waals surface area (Å²) in [5.41, 5.74) is 6.29. The number of nitrogen functional groups attached to an aromatic ring is 1. The number of aliphatic hydroxyl groups excluding tert-OH is 1.